The van der Waals surface area contributed by atoms with Crippen molar-refractivity contribution in [2.24, 2.45) is 0 Å². The molecule has 1 N–H and O–H groups in total. The predicted molar refractivity (Wildman–Crippen MR) is 46.6 cm³/mol. The lowest BCUT2D eigenvalue weighted by atomic mass is 10.2. The Morgan fingerprint density at radius 1 is 1.75 bits per heavy atom. The molecule has 1 amide bonds. The van der Waals surface area contributed by atoms with Crippen molar-refractivity contribution >= 4 is 21.8 Å². The van der Waals surface area contributed by atoms with Crippen LogP contribution in [0.5, 0.6) is 0 Å². The lowest BCUT2D eigenvalue weighted by molar-refractivity contribution is -0.121. The van der Waals surface area contributed by atoms with Gasteiger partial charge in [-0.1, -0.05) is 0 Å². The molecule has 64 valence electrons. The Bertz CT molecular complexity index is 309. The molecular formula is C7H8BrN3O. The van der Waals surface area contributed by atoms with Gasteiger partial charge in [0, 0.05) is 12.7 Å². The third kappa shape index (κ3) is 1.24. The van der Waals surface area contributed by atoms with Gasteiger partial charge in [-0.2, -0.15) is 0 Å². The van der Waals surface area contributed by atoms with Crippen LogP contribution in [0.25, 0.3) is 0 Å². The molecule has 12 heavy (non-hydrogen) atoms. The van der Waals surface area contributed by atoms with Crippen molar-refractivity contribution in [2.75, 3.05) is 6.54 Å². The van der Waals surface area contributed by atoms with E-state index in [-0.39, 0.29) is 11.9 Å². The molecule has 1 aromatic heterocycles. The topological polar surface area (TPSA) is 46.9 Å². The molecule has 0 radical (unpaired) electrons. The van der Waals surface area contributed by atoms with Gasteiger partial charge in [0.2, 0.25) is 5.91 Å². The van der Waals surface area contributed by atoms with Crippen LogP contribution in [0.2, 0.25) is 0 Å². The summed E-state index contributed by atoms with van der Waals surface area (Å²) in [7, 11) is 0. The Morgan fingerprint density at radius 2 is 2.58 bits per heavy atom. The SMILES string of the molecule is O=C1NCCC1n1cnc(Br)c1. The Morgan fingerprint density at radius 3 is 3.08 bits per heavy atom. The predicted octanol–water partition coefficient (Wildman–Crippen LogP) is 0.707. The largest absolute Gasteiger partial charge is 0.354 e. The van der Waals surface area contributed by atoms with Crippen molar-refractivity contribution < 1.29 is 4.79 Å². The first-order chi connectivity index (χ1) is 5.77. The Kier molecular flexibility index (Phi) is 1.88. The minimum atomic E-state index is -0.0659. The maximum Gasteiger partial charge on any atom is 0.243 e. The van der Waals surface area contributed by atoms with E-state index in [0.29, 0.717) is 0 Å². The third-order valence-electron chi connectivity index (χ3n) is 1.95. The van der Waals surface area contributed by atoms with Crippen LogP contribution in [0, 0.1) is 0 Å². The van der Waals surface area contributed by atoms with Crippen LogP contribution in [0.3, 0.4) is 0 Å². The van der Waals surface area contributed by atoms with Crippen LogP contribution < -0.4 is 5.32 Å². The van der Waals surface area contributed by atoms with E-state index in [1.54, 1.807) is 6.33 Å². The fourth-order valence-electron chi connectivity index (χ4n) is 1.35. The minimum absolute atomic E-state index is 0.0659. The van der Waals surface area contributed by atoms with E-state index >= 15 is 0 Å². The van der Waals surface area contributed by atoms with Gasteiger partial charge in [-0.25, -0.2) is 4.98 Å². The number of hydrogen-bond acceptors (Lipinski definition) is 2. The molecule has 2 rings (SSSR count). The summed E-state index contributed by atoms with van der Waals surface area (Å²) in [6.07, 6.45) is 4.33. The molecule has 0 spiro atoms. The number of nitrogens with zero attached hydrogens (tertiary/aromatic N) is 2. The fraction of sp³-hybridized carbons (Fsp3) is 0.429. The molecule has 1 saturated heterocycles. The Hall–Kier alpha value is -0.840. The first-order valence-corrected chi connectivity index (χ1v) is 4.53. The number of aromatic nitrogens is 2. The van der Waals surface area contributed by atoms with Crippen molar-refractivity contribution in [3.05, 3.63) is 17.1 Å². The van der Waals surface area contributed by atoms with E-state index < -0.39 is 0 Å². The van der Waals surface area contributed by atoms with Gasteiger partial charge in [0.05, 0.1) is 6.33 Å². The van der Waals surface area contributed by atoms with Gasteiger partial charge in [-0.05, 0) is 22.4 Å². The van der Waals surface area contributed by atoms with Crippen molar-refractivity contribution in [1.29, 1.82) is 0 Å². The van der Waals surface area contributed by atoms with Gasteiger partial charge < -0.3 is 9.88 Å². The molecule has 0 bridgehead atoms. The average molecular weight is 230 g/mol. The summed E-state index contributed by atoms with van der Waals surface area (Å²) >= 11 is 3.24. The summed E-state index contributed by atoms with van der Waals surface area (Å²) in [5.41, 5.74) is 0. The summed E-state index contributed by atoms with van der Waals surface area (Å²) < 4.78 is 2.59. The summed E-state index contributed by atoms with van der Waals surface area (Å²) in [6, 6.07) is -0.0659. The van der Waals surface area contributed by atoms with Gasteiger partial charge in [-0.15, -0.1) is 0 Å². The van der Waals surface area contributed by atoms with Crippen LogP contribution in [0.4, 0.5) is 0 Å². The standard InChI is InChI=1S/C7H8BrN3O/c8-6-3-11(4-10-6)5-1-2-9-7(5)12/h3-5H,1-2H2,(H,9,12). The highest BCUT2D eigenvalue weighted by atomic mass is 79.9. The van der Waals surface area contributed by atoms with E-state index in [0.717, 1.165) is 17.6 Å². The number of nitrogens with one attached hydrogen (secondary N) is 1. The second kappa shape index (κ2) is 2.90. The van der Waals surface area contributed by atoms with Gasteiger partial charge >= 0.3 is 0 Å². The van der Waals surface area contributed by atoms with E-state index in [2.05, 4.69) is 26.2 Å². The smallest absolute Gasteiger partial charge is 0.243 e. The van der Waals surface area contributed by atoms with Crippen molar-refractivity contribution in [2.45, 2.75) is 12.5 Å². The van der Waals surface area contributed by atoms with Crippen LogP contribution in [0.1, 0.15) is 12.5 Å². The zero-order chi connectivity index (χ0) is 8.55. The van der Waals surface area contributed by atoms with Gasteiger partial charge in [0.15, 0.2) is 0 Å². The summed E-state index contributed by atoms with van der Waals surface area (Å²) in [5, 5.41) is 2.77. The molecule has 4 nitrogen and oxygen atoms in total. The van der Waals surface area contributed by atoms with Crippen LogP contribution in [-0.4, -0.2) is 22.0 Å². The van der Waals surface area contributed by atoms with E-state index in [1.807, 2.05) is 10.8 Å². The first-order valence-electron chi connectivity index (χ1n) is 3.74. The number of halogens is 1. The number of amides is 1. The molecular weight excluding hydrogens is 222 g/mol. The number of carbonyl (C=O) groups excluding carboxylic acids is 1. The number of carbonyl (C=O) groups is 1. The minimum Gasteiger partial charge on any atom is -0.354 e. The molecule has 1 aliphatic heterocycles. The highest BCUT2D eigenvalue weighted by molar-refractivity contribution is 9.10. The molecule has 2 heterocycles. The fourth-order valence-corrected chi connectivity index (χ4v) is 1.68. The van der Waals surface area contributed by atoms with Crippen LogP contribution in [-0.2, 0) is 4.79 Å². The average Bonchev–Trinajstić information content (AvgIpc) is 2.58. The van der Waals surface area contributed by atoms with E-state index in [4.69, 9.17) is 0 Å². The van der Waals surface area contributed by atoms with Gasteiger partial charge in [-0.3, -0.25) is 4.79 Å². The zero-order valence-electron chi connectivity index (χ0n) is 6.33. The molecule has 1 unspecified atom stereocenters. The lowest BCUT2D eigenvalue weighted by Crippen LogP contribution is -2.20. The van der Waals surface area contributed by atoms with Crippen molar-refractivity contribution in [3.63, 3.8) is 0 Å². The summed E-state index contributed by atoms with van der Waals surface area (Å²) in [4.78, 5) is 15.2. The number of hydrogen-bond donors (Lipinski definition) is 1. The van der Waals surface area contributed by atoms with Gasteiger partial charge in [0.25, 0.3) is 0 Å². The highest BCUT2D eigenvalue weighted by Gasteiger charge is 2.25. The van der Waals surface area contributed by atoms with E-state index in [9.17, 15) is 4.79 Å². The summed E-state index contributed by atoms with van der Waals surface area (Å²) in [6.45, 7) is 0.763. The number of rotatable bonds is 1. The van der Waals surface area contributed by atoms with Crippen LogP contribution >= 0.6 is 15.9 Å². The highest BCUT2D eigenvalue weighted by Crippen LogP contribution is 2.17. The summed E-state index contributed by atoms with van der Waals surface area (Å²) in [5.74, 6) is 0.0832. The molecule has 0 aromatic carbocycles. The third-order valence-corrected chi connectivity index (χ3v) is 2.36. The second-order valence-corrected chi connectivity index (χ2v) is 3.55. The maximum absolute atomic E-state index is 11.2. The Balaban J connectivity index is 2.24. The maximum atomic E-state index is 11.2. The zero-order valence-corrected chi connectivity index (χ0v) is 7.91. The monoisotopic (exact) mass is 229 g/mol. The van der Waals surface area contributed by atoms with Crippen LogP contribution in [0.15, 0.2) is 17.1 Å². The normalized spacial score (nSPS) is 22.8. The molecule has 1 atom stereocenters. The number of imidazole rings is 1. The van der Waals surface area contributed by atoms with Crippen molar-refractivity contribution in [3.8, 4) is 0 Å². The Labute approximate surface area is 78.1 Å². The lowest BCUT2D eigenvalue weighted by Gasteiger charge is -2.06. The molecule has 0 aliphatic carbocycles. The quantitative estimate of drug-likeness (QED) is 0.772. The second-order valence-electron chi connectivity index (χ2n) is 2.74. The van der Waals surface area contributed by atoms with Crippen molar-refractivity contribution in [1.82, 2.24) is 14.9 Å². The molecule has 1 aromatic rings. The molecule has 5 heteroatoms. The molecule has 1 fully saturated rings. The molecule has 1 aliphatic rings. The first kappa shape index (κ1) is 7.79. The van der Waals surface area contributed by atoms with E-state index in [1.165, 1.54) is 0 Å². The molecule has 0 saturated carbocycles. The van der Waals surface area contributed by atoms with Gasteiger partial charge in [0.1, 0.15) is 10.6 Å².